The molecule has 0 saturated carbocycles. The molecule has 9 heteroatoms. The van der Waals surface area contributed by atoms with Crippen LogP contribution in [0.3, 0.4) is 0 Å². The fraction of sp³-hybridized carbons (Fsp3) is 0.167. The van der Waals surface area contributed by atoms with E-state index >= 15 is 0 Å². The molecule has 1 aliphatic rings. The quantitative estimate of drug-likeness (QED) is 0.476. The van der Waals surface area contributed by atoms with Gasteiger partial charge in [-0.05, 0) is 30.7 Å². The summed E-state index contributed by atoms with van der Waals surface area (Å²) < 4.78 is 0. The minimum Gasteiger partial charge on any atom is -0.329 e. The van der Waals surface area contributed by atoms with Crippen molar-refractivity contribution in [2.75, 3.05) is 11.9 Å². The van der Waals surface area contributed by atoms with Crippen molar-refractivity contribution in [1.82, 2.24) is 10.2 Å². The maximum atomic E-state index is 12.4. The van der Waals surface area contributed by atoms with Gasteiger partial charge in [0.1, 0.15) is 5.56 Å². The molecule has 0 aromatic heterocycles. The Kier molecular flexibility index (Phi) is 4.84. The van der Waals surface area contributed by atoms with Crippen LogP contribution in [0.25, 0.3) is 0 Å². The van der Waals surface area contributed by atoms with Crippen LogP contribution < -0.4 is 10.6 Å². The number of hydrogen-bond acceptors (Lipinski definition) is 5. The van der Waals surface area contributed by atoms with Crippen molar-refractivity contribution in [3.63, 3.8) is 0 Å². The summed E-state index contributed by atoms with van der Waals surface area (Å²) in [5, 5.41) is 16.3. The molecular weight excluding hydrogens is 352 g/mol. The summed E-state index contributed by atoms with van der Waals surface area (Å²) in [6.45, 7) is 1.68. The Morgan fingerprint density at radius 1 is 1.22 bits per heavy atom. The zero-order valence-electron chi connectivity index (χ0n) is 14.4. The molecule has 1 saturated heterocycles. The fourth-order valence-corrected chi connectivity index (χ4v) is 2.77. The smallest absolute Gasteiger partial charge is 0.324 e. The van der Waals surface area contributed by atoms with Crippen LogP contribution in [0.15, 0.2) is 42.5 Å². The normalized spacial score (nSPS) is 13.4. The summed E-state index contributed by atoms with van der Waals surface area (Å²) >= 11 is 0. The second-order valence-corrected chi connectivity index (χ2v) is 6.02. The van der Waals surface area contributed by atoms with Crippen molar-refractivity contribution in [1.29, 1.82) is 0 Å². The van der Waals surface area contributed by atoms with Crippen LogP contribution >= 0.6 is 0 Å². The minimum atomic E-state index is -0.591. The number of carbonyl (C=O) groups is 3. The Morgan fingerprint density at radius 2 is 1.93 bits per heavy atom. The third-order valence-corrected chi connectivity index (χ3v) is 4.15. The van der Waals surface area contributed by atoms with E-state index in [-0.39, 0.29) is 30.2 Å². The number of nitro benzene ring substituents is 1. The molecule has 4 amide bonds. The van der Waals surface area contributed by atoms with Gasteiger partial charge in [-0.2, -0.15) is 0 Å². The Morgan fingerprint density at radius 3 is 2.52 bits per heavy atom. The molecule has 0 bridgehead atoms. The van der Waals surface area contributed by atoms with Gasteiger partial charge >= 0.3 is 6.03 Å². The summed E-state index contributed by atoms with van der Waals surface area (Å²) in [5.74, 6) is -0.892. The number of anilines is 1. The van der Waals surface area contributed by atoms with Crippen molar-refractivity contribution in [2.24, 2.45) is 0 Å². The number of amides is 4. The number of para-hydroxylation sites is 1. The molecule has 138 valence electrons. The van der Waals surface area contributed by atoms with Gasteiger partial charge in [0.15, 0.2) is 0 Å². The van der Waals surface area contributed by atoms with E-state index in [1.54, 1.807) is 43.3 Å². The monoisotopic (exact) mass is 368 g/mol. The highest BCUT2D eigenvalue weighted by Gasteiger charge is 2.28. The largest absolute Gasteiger partial charge is 0.329 e. The predicted octanol–water partition coefficient (Wildman–Crippen LogP) is 2.21. The Bertz CT molecular complexity index is 923. The molecule has 1 heterocycles. The standard InChI is InChI=1S/C18H16N4O5/c1-11-3-2-4-14(16(11)22(26)27)17(24)20-13-7-5-12(6-8-13)10-21-15(23)9-19-18(21)25/h2-8H,9-10H2,1H3,(H,19,25)(H,20,24). The van der Waals surface area contributed by atoms with Crippen molar-refractivity contribution in [2.45, 2.75) is 13.5 Å². The topological polar surface area (TPSA) is 122 Å². The third-order valence-electron chi connectivity index (χ3n) is 4.15. The number of aryl methyl sites for hydroxylation is 1. The van der Waals surface area contributed by atoms with Gasteiger partial charge in [0.2, 0.25) is 5.91 Å². The molecular formula is C18H16N4O5. The van der Waals surface area contributed by atoms with Gasteiger partial charge in [0.05, 0.1) is 18.0 Å². The van der Waals surface area contributed by atoms with Gasteiger partial charge in [0.25, 0.3) is 11.6 Å². The number of nitrogens with one attached hydrogen (secondary N) is 2. The number of carbonyl (C=O) groups excluding carboxylic acids is 3. The molecule has 2 aromatic rings. The van der Waals surface area contributed by atoms with Crippen LogP contribution in [0.2, 0.25) is 0 Å². The molecule has 27 heavy (non-hydrogen) atoms. The first-order valence-corrected chi connectivity index (χ1v) is 8.09. The highest BCUT2D eigenvalue weighted by molar-refractivity contribution is 6.07. The number of imide groups is 1. The van der Waals surface area contributed by atoms with Crippen LogP contribution in [0.1, 0.15) is 21.5 Å². The van der Waals surface area contributed by atoms with Crippen molar-refractivity contribution < 1.29 is 19.3 Å². The van der Waals surface area contributed by atoms with Gasteiger partial charge in [-0.3, -0.25) is 24.6 Å². The maximum absolute atomic E-state index is 12.4. The number of nitro groups is 1. The second-order valence-electron chi connectivity index (χ2n) is 6.02. The van der Waals surface area contributed by atoms with E-state index in [0.717, 1.165) is 4.90 Å². The van der Waals surface area contributed by atoms with Gasteiger partial charge in [-0.15, -0.1) is 0 Å². The number of rotatable bonds is 5. The molecule has 0 spiro atoms. The lowest BCUT2D eigenvalue weighted by Crippen LogP contribution is -2.30. The van der Waals surface area contributed by atoms with Crippen LogP contribution in [-0.2, 0) is 11.3 Å². The SMILES string of the molecule is Cc1cccc(C(=O)Nc2ccc(CN3C(=O)CNC3=O)cc2)c1[N+](=O)[O-]. The number of hydrogen-bond donors (Lipinski definition) is 2. The number of urea groups is 1. The average molecular weight is 368 g/mol. The molecule has 2 N–H and O–H groups in total. The van der Waals surface area contributed by atoms with Crippen LogP contribution in [0.4, 0.5) is 16.2 Å². The molecule has 2 aromatic carbocycles. The molecule has 0 radical (unpaired) electrons. The summed E-state index contributed by atoms with van der Waals surface area (Å²) in [4.78, 5) is 47.3. The minimum absolute atomic E-state index is 0.0117. The van der Waals surface area contributed by atoms with E-state index in [0.29, 0.717) is 16.8 Å². The van der Waals surface area contributed by atoms with E-state index in [1.165, 1.54) is 6.07 Å². The first-order chi connectivity index (χ1) is 12.9. The summed E-state index contributed by atoms with van der Waals surface area (Å²) in [7, 11) is 0. The lowest BCUT2D eigenvalue weighted by molar-refractivity contribution is -0.385. The van der Waals surface area contributed by atoms with E-state index < -0.39 is 16.9 Å². The summed E-state index contributed by atoms with van der Waals surface area (Å²) in [6, 6.07) is 10.6. The molecule has 1 aliphatic heterocycles. The number of nitrogens with zero attached hydrogens (tertiary/aromatic N) is 2. The summed E-state index contributed by atoms with van der Waals surface area (Å²) in [5.41, 5.74) is 1.29. The third kappa shape index (κ3) is 3.76. The lowest BCUT2D eigenvalue weighted by atomic mass is 10.1. The Labute approximate surface area is 154 Å². The zero-order valence-corrected chi connectivity index (χ0v) is 14.4. The van der Waals surface area contributed by atoms with E-state index in [2.05, 4.69) is 10.6 Å². The van der Waals surface area contributed by atoms with E-state index in [1.807, 2.05) is 0 Å². The average Bonchev–Trinajstić information content (AvgIpc) is 2.94. The molecule has 9 nitrogen and oxygen atoms in total. The van der Waals surface area contributed by atoms with Crippen molar-refractivity contribution in [3.8, 4) is 0 Å². The van der Waals surface area contributed by atoms with Gasteiger partial charge in [-0.1, -0.05) is 24.3 Å². The van der Waals surface area contributed by atoms with Gasteiger partial charge in [0, 0.05) is 11.3 Å². The molecule has 0 atom stereocenters. The van der Waals surface area contributed by atoms with Crippen molar-refractivity contribution in [3.05, 3.63) is 69.3 Å². The molecule has 0 unspecified atom stereocenters. The molecule has 1 fully saturated rings. The molecule has 0 aliphatic carbocycles. The van der Waals surface area contributed by atoms with Crippen molar-refractivity contribution >= 4 is 29.2 Å². The second kappa shape index (κ2) is 7.24. The highest BCUT2D eigenvalue weighted by atomic mass is 16.6. The first kappa shape index (κ1) is 18.1. The predicted molar refractivity (Wildman–Crippen MR) is 96.2 cm³/mol. The van der Waals surface area contributed by atoms with Gasteiger partial charge in [-0.25, -0.2) is 4.79 Å². The Hall–Kier alpha value is -3.75. The van der Waals surface area contributed by atoms with Gasteiger partial charge < -0.3 is 10.6 Å². The molecule has 3 rings (SSSR count). The lowest BCUT2D eigenvalue weighted by Gasteiger charge is -2.13. The maximum Gasteiger partial charge on any atom is 0.324 e. The zero-order chi connectivity index (χ0) is 19.6. The highest BCUT2D eigenvalue weighted by Crippen LogP contribution is 2.24. The van der Waals surface area contributed by atoms with E-state index in [4.69, 9.17) is 0 Å². The fourth-order valence-electron chi connectivity index (χ4n) is 2.77. The first-order valence-electron chi connectivity index (χ1n) is 8.09. The summed E-state index contributed by atoms with van der Waals surface area (Å²) in [6.07, 6.45) is 0. The Balaban J connectivity index is 1.73. The van der Waals surface area contributed by atoms with E-state index in [9.17, 15) is 24.5 Å². The van der Waals surface area contributed by atoms with Crippen LogP contribution in [0.5, 0.6) is 0 Å². The van der Waals surface area contributed by atoms with Crippen LogP contribution in [-0.4, -0.2) is 34.2 Å². The van der Waals surface area contributed by atoms with Crippen LogP contribution in [0, 0.1) is 17.0 Å². The number of benzene rings is 2.